The Bertz CT molecular complexity index is 517. The van der Waals surface area contributed by atoms with Gasteiger partial charge in [0.15, 0.2) is 0 Å². The Morgan fingerprint density at radius 2 is 2.00 bits per heavy atom. The summed E-state index contributed by atoms with van der Waals surface area (Å²) < 4.78 is 5.32. The lowest BCUT2D eigenvalue weighted by atomic mass is 9.94. The summed E-state index contributed by atoms with van der Waals surface area (Å²) in [5, 5.41) is 13.2. The fourth-order valence-corrected chi connectivity index (χ4v) is 3.72. The van der Waals surface area contributed by atoms with Crippen molar-refractivity contribution in [2.75, 3.05) is 26.3 Å². The van der Waals surface area contributed by atoms with Crippen LogP contribution in [0.3, 0.4) is 0 Å². The molecule has 2 N–H and O–H groups in total. The molecule has 0 saturated carbocycles. The van der Waals surface area contributed by atoms with Crippen LogP contribution >= 0.6 is 0 Å². The molecule has 2 aliphatic heterocycles. The van der Waals surface area contributed by atoms with Gasteiger partial charge in [0.2, 0.25) is 5.91 Å². The molecule has 3 rings (SSSR count). The van der Waals surface area contributed by atoms with Crippen molar-refractivity contribution in [1.82, 2.24) is 10.2 Å². The molecule has 1 amide bonds. The van der Waals surface area contributed by atoms with Crippen LogP contribution in [0.25, 0.3) is 0 Å². The summed E-state index contributed by atoms with van der Waals surface area (Å²) in [5.41, 5.74) is 1.24. The summed E-state index contributed by atoms with van der Waals surface area (Å²) in [6.07, 6.45) is 3.22. The van der Waals surface area contributed by atoms with Gasteiger partial charge in [-0.3, -0.25) is 9.69 Å². The summed E-state index contributed by atoms with van der Waals surface area (Å²) in [4.78, 5) is 14.8. The molecule has 5 heteroatoms. The minimum absolute atomic E-state index is 0.0505. The molecule has 24 heavy (non-hydrogen) atoms. The molecule has 2 atom stereocenters. The van der Waals surface area contributed by atoms with E-state index in [1.807, 2.05) is 18.2 Å². The van der Waals surface area contributed by atoms with Crippen molar-refractivity contribution in [2.24, 2.45) is 5.92 Å². The van der Waals surface area contributed by atoms with Crippen LogP contribution in [0.15, 0.2) is 30.3 Å². The zero-order valence-electron chi connectivity index (χ0n) is 14.2. The van der Waals surface area contributed by atoms with E-state index in [0.29, 0.717) is 19.8 Å². The van der Waals surface area contributed by atoms with Crippen LogP contribution in [-0.2, 0) is 16.1 Å². The third kappa shape index (κ3) is 4.56. The molecule has 2 heterocycles. The molecule has 5 nitrogen and oxygen atoms in total. The fourth-order valence-electron chi connectivity index (χ4n) is 3.72. The largest absolute Gasteiger partial charge is 0.391 e. The van der Waals surface area contributed by atoms with Gasteiger partial charge in [-0.15, -0.1) is 0 Å². The van der Waals surface area contributed by atoms with Crippen molar-refractivity contribution in [3.05, 3.63) is 35.9 Å². The van der Waals surface area contributed by atoms with Crippen LogP contribution in [0.1, 0.15) is 31.2 Å². The number of amides is 1. The van der Waals surface area contributed by atoms with Gasteiger partial charge in [-0.1, -0.05) is 30.3 Å². The third-order valence-electron chi connectivity index (χ3n) is 5.19. The van der Waals surface area contributed by atoms with Crippen LogP contribution in [0.2, 0.25) is 0 Å². The van der Waals surface area contributed by atoms with Crippen LogP contribution in [0.5, 0.6) is 0 Å². The van der Waals surface area contributed by atoms with Crippen molar-refractivity contribution in [3.63, 3.8) is 0 Å². The Morgan fingerprint density at radius 3 is 2.75 bits per heavy atom. The number of benzene rings is 1. The smallest absolute Gasteiger partial charge is 0.237 e. The van der Waals surface area contributed by atoms with E-state index in [4.69, 9.17) is 4.74 Å². The topological polar surface area (TPSA) is 61.8 Å². The zero-order chi connectivity index (χ0) is 16.8. The molecule has 2 fully saturated rings. The van der Waals surface area contributed by atoms with Crippen molar-refractivity contribution in [1.29, 1.82) is 0 Å². The highest BCUT2D eigenvalue weighted by Gasteiger charge is 2.31. The maximum atomic E-state index is 12.5. The Morgan fingerprint density at radius 1 is 1.25 bits per heavy atom. The minimum atomic E-state index is -0.471. The average molecular weight is 332 g/mol. The molecule has 0 aliphatic carbocycles. The first-order valence-electron chi connectivity index (χ1n) is 9.05. The van der Waals surface area contributed by atoms with Gasteiger partial charge in [0, 0.05) is 26.3 Å². The monoisotopic (exact) mass is 332 g/mol. The van der Waals surface area contributed by atoms with E-state index in [-0.39, 0.29) is 17.9 Å². The van der Waals surface area contributed by atoms with Gasteiger partial charge in [0.1, 0.15) is 0 Å². The van der Waals surface area contributed by atoms with Crippen molar-refractivity contribution >= 4 is 5.91 Å². The average Bonchev–Trinajstić information content (AvgIpc) is 3.09. The number of likely N-dealkylation sites (tertiary alicyclic amines) is 1. The van der Waals surface area contributed by atoms with Gasteiger partial charge in [-0.2, -0.15) is 0 Å². The number of nitrogens with zero attached hydrogens (tertiary/aromatic N) is 1. The number of ether oxygens (including phenoxy) is 1. The highest BCUT2D eigenvalue weighted by Crippen LogP contribution is 2.21. The molecule has 2 saturated heterocycles. The van der Waals surface area contributed by atoms with Crippen molar-refractivity contribution in [3.8, 4) is 0 Å². The normalized spacial score (nSPS) is 24.0. The first-order chi connectivity index (χ1) is 11.7. The molecule has 1 aromatic carbocycles. The Balaban J connectivity index is 1.48. The first kappa shape index (κ1) is 17.4. The summed E-state index contributed by atoms with van der Waals surface area (Å²) in [5.74, 6) is 0.289. The maximum Gasteiger partial charge on any atom is 0.237 e. The number of nitrogens with one attached hydrogen (secondary N) is 1. The molecule has 0 radical (unpaired) electrons. The number of hydrogen-bond donors (Lipinski definition) is 2. The highest BCUT2D eigenvalue weighted by molar-refractivity contribution is 5.82. The van der Waals surface area contributed by atoms with Crippen LogP contribution in [-0.4, -0.2) is 54.4 Å². The van der Waals surface area contributed by atoms with Crippen LogP contribution in [0, 0.1) is 5.92 Å². The van der Waals surface area contributed by atoms with Gasteiger partial charge < -0.3 is 15.2 Å². The number of hydrogen-bond acceptors (Lipinski definition) is 4. The number of aliphatic hydroxyl groups is 1. The van der Waals surface area contributed by atoms with E-state index < -0.39 is 6.10 Å². The van der Waals surface area contributed by atoms with Gasteiger partial charge in [0.05, 0.1) is 12.1 Å². The van der Waals surface area contributed by atoms with Gasteiger partial charge in [-0.25, -0.2) is 0 Å². The lowest BCUT2D eigenvalue weighted by Gasteiger charge is -2.28. The highest BCUT2D eigenvalue weighted by atomic mass is 16.5. The molecule has 132 valence electrons. The predicted molar refractivity (Wildman–Crippen MR) is 92.4 cm³/mol. The number of rotatable bonds is 6. The molecule has 0 unspecified atom stereocenters. The fraction of sp³-hybridized carbons (Fsp3) is 0.632. The summed E-state index contributed by atoms with van der Waals surface area (Å²) >= 11 is 0. The van der Waals surface area contributed by atoms with Crippen molar-refractivity contribution in [2.45, 2.75) is 44.4 Å². The lowest BCUT2D eigenvalue weighted by molar-refractivity contribution is -0.126. The molecule has 0 aromatic heterocycles. The van der Waals surface area contributed by atoms with Crippen LogP contribution < -0.4 is 5.32 Å². The number of carbonyl (C=O) groups excluding carboxylic acids is 1. The summed E-state index contributed by atoms with van der Waals surface area (Å²) in [6.45, 7) is 3.53. The maximum absolute atomic E-state index is 12.5. The summed E-state index contributed by atoms with van der Waals surface area (Å²) in [6, 6.07) is 10.2. The number of aliphatic hydroxyl groups excluding tert-OH is 1. The van der Waals surface area contributed by atoms with Gasteiger partial charge in [0.25, 0.3) is 0 Å². The Labute approximate surface area is 144 Å². The second kappa shape index (κ2) is 8.60. The van der Waals surface area contributed by atoms with Crippen LogP contribution in [0.4, 0.5) is 0 Å². The first-order valence-corrected chi connectivity index (χ1v) is 9.05. The minimum Gasteiger partial charge on any atom is -0.391 e. The molecule has 1 aromatic rings. The van der Waals surface area contributed by atoms with E-state index in [0.717, 1.165) is 38.8 Å². The van der Waals surface area contributed by atoms with Crippen molar-refractivity contribution < 1.29 is 14.6 Å². The van der Waals surface area contributed by atoms with E-state index in [9.17, 15) is 9.90 Å². The quantitative estimate of drug-likeness (QED) is 0.830. The standard InChI is InChI=1S/C19H28N2O3/c22-18(16-8-11-24-12-9-16)13-20-19(23)17-7-4-10-21(17)14-15-5-2-1-3-6-15/h1-3,5-6,16-18,22H,4,7-14H2,(H,20,23)/t17-,18-/m0/s1. The van der Waals surface area contributed by atoms with E-state index >= 15 is 0 Å². The molecular weight excluding hydrogens is 304 g/mol. The van der Waals surface area contributed by atoms with Gasteiger partial charge >= 0.3 is 0 Å². The molecular formula is C19H28N2O3. The zero-order valence-corrected chi connectivity index (χ0v) is 14.2. The van der Waals surface area contributed by atoms with E-state index in [1.165, 1.54) is 5.56 Å². The molecule has 2 aliphatic rings. The Kier molecular flexibility index (Phi) is 6.24. The number of carbonyl (C=O) groups is 1. The third-order valence-corrected chi connectivity index (χ3v) is 5.19. The SMILES string of the molecule is O=C(NC[C@H](O)C1CCOCC1)[C@@H]1CCCN1Cc1ccccc1. The second-order valence-electron chi connectivity index (χ2n) is 6.88. The molecule has 0 bridgehead atoms. The Hall–Kier alpha value is -1.43. The van der Waals surface area contributed by atoms with E-state index in [1.54, 1.807) is 0 Å². The lowest BCUT2D eigenvalue weighted by Crippen LogP contribution is -2.46. The second-order valence-corrected chi connectivity index (χ2v) is 6.88. The molecule has 0 spiro atoms. The predicted octanol–water partition coefficient (Wildman–Crippen LogP) is 1.55. The summed E-state index contributed by atoms with van der Waals surface area (Å²) in [7, 11) is 0. The van der Waals surface area contributed by atoms with E-state index in [2.05, 4.69) is 22.3 Å². The van der Waals surface area contributed by atoms with Gasteiger partial charge in [-0.05, 0) is 43.7 Å².